The van der Waals surface area contributed by atoms with Crippen LogP contribution >= 0.6 is 11.8 Å². The second-order valence-electron chi connectivity index (χ2n) is 6.94. The van der Waals surface area contributed by atoms with Crippen molar-refractivity contribution in [3.05, 3.63) is 58.8 Å². The number of nitrogens with one attached hydrogen (secondary N) is 1. The summed E-state index contributed by atoms with van der Waals surface area (Å²) >= 11 is 1.000. The van der Waals surface area contributed by atoms with Crippen molar-refractivity contribution < 1.29 is 9.59 Å². The van der Waals surface area contributed by atoms with Gasteiger partial charge in [-0.1, -0.05) is 43.2 Å². The molecule has 2 aliphatic rings. The molecule has 1 aromatic carbocycles. The summed E-state index contributed by atoms with van der Waals surface area (Å²) in [6, 6.07) is 12.6. The van der Waals surface area contributed by atoms with Crippen LogP contribution in [-0.2, 0) is 9.59 Å². The minimum absolute atomic E-state index is 0.0203. The van der Waals surface area contributed by atoms with Crippen LogP contribution < -0.4 is 5.32 Å². The van der Waals surface area contributed by atoms with E-state index in [1.54, 1.807) is 18.3 Å². The molecule has 1 N–H and O–H groups in total. The van der Waals surface area contributed by atoms with E-state index in [4.69, 9.17) is 0 Å². The van der Waals surface area contributed by atoms with Crippen LogP contribution in [0, 0.1) is 0 Å². The molecule has 0 amide bonds. The highest BCUT2D eigenvalue weighted by atomic mass is 32.2. The molecule has 6 heteroatoms. The molecule has 0 bridgehead atoms. The Morgan fingerprint density at radius 1 is 1.07 bits per heavy atom. The SMILES string of the molecule is O=C1CC(=O)/C(=C/c2ccnc(NC3CCCCC3c3ccccc3)n2)S1. The quantitative estimate of drug-likeness (QED) is 0.634. The first-order chi connectivity index (χ1) is 13.2. The minimum atomic E-state index is -0.130. The Morgan fingerprint density at radius 2 is 1.89 bits per heavy atom. The van der Waals surface area contributed by atoms with E-state index in [9.17, 15) is 9.59 Å². The molecule has 2 fully saturated rings. The van der Waals surface area contributed by atoms with Gasteiger partial charge in [-0.15, -0.1) is 0 Å². The zero-order valence-corrected chi connectivity index (χ0v) is 15.7. The van der Waals surface area contributed by atoms with Crippen molar-refractivity contribution in [1.82, 2.24) is 9.97 Å². The molecule has 0 radical (unpaired) electrons. The van der Waals surface area contributed by atoms with Gasteiger partial charge in [-0.2, -0.15) is 0 Å². The second-order valence-corrected chi connectivity index (χ2v) is 8.04. The van der Waals surface area contributed by atoms with E-state index in [0.29, 0.717) is 22.5 Å². The van der Waals surface area contributed by atoms with Crippen LogP contribution in [0.2, 0.25) is 0 Å². The van der Waals surface area contributed by atoms with Gasteiger partial charge >= 0.3 is 0 Å². The first kappa shape index (κ1) is 17.9. The Kier molecular flexibility index (Phi) is 5.34. The number of allylic oxidation sites excluding steroid dienone is 1. The molecule has 2 aromatic rings. The van der Waals surface area contributed by atoms with Crippen LogP contribution in [0.25, 0.3) is 6.08 Å². The van der Waals surface area contributed by atoms with E-state index in [1.165, 1.54) is 18.4 Å². The van der Waals surface area contributed by atoms with Gasteiger partial charge in [0.2, 0.25) is 11.1 Å². The fraction of sp³-hybridized carbons (Fsp3) is 0.333. The lowest BCUT2D eigenvalue weighted by Gasteiger charge is -2.32. The average Bonchev–Trinajstić information content (AvgIpc) is 3.00. The van der Waals surface area contributed by atoms with Crippen molar-refractivity contribution in [2.45, 2.75) is 44.1 Å². The Balaban J connectivity index is 1.53. The van der Waals surface area contributed by atoms with Gasteiger partial charge in [-0.3, -0.25) is 9.59 Å². The molecule has 2 heterocycles. The summed E-state index contributed by atoms with van der Waals surface area (Å²) in [7, 11) is 0. The molecule has 1 aliphatic carbocycles. The Bertz CT molecular complexity index is 882. The Hall–Kier alpha value is -2.47. The highest BCUT2D eigenvalue weighted by Gasteiger charge is 2.28. The number of thioether (sulfide) groups is 1. The molecule has 1 saturated carbocycles. The van der Waals surface area contributed by atoms with Gasteiger partial charge in [0.05, 0.1) is 17.0 Å². The third-order valence-corrected chi connectivity index (χ3v) is 6.01. The van der Waals surface area contributed by atoms with Crippen LogP contribution in [-0.4, -0.2) is 26.9 Å². The van der Waals surface area contributed by atoms with Crippen LogP contribution in [0.1, 0.15) is 49.3 Å². The van der Waals surface area contributed by atoms with Crippen molar-refractivity contribution in [1.29, 1.82) is 0 Å². The third-order valence-electron chi connectivity index (χ3n) is 5.07. The first-order valence-electron chi connectivity index (χ1n) is 9.29. The predicted molar refractivity (Wildman–Crippen MR) is 107 cm³/mol. The van der Waals surface area contributed by atoms with Crippen LogP contribution in [0.4, 0.5) is 5.95 Å². The van der Waals surface area contributed by atoms with Gasteiger partial charge in [0, 0.05) is 18.2 Å². The van der Waals surface area contributed by atoms with E-state index in [0.717, 1.165) is 24.6 Å². The van der Waals surface area contributed by atoms with Crippen molar-refractivity contribution in [2.24, 2.45) is 0 Å². The number of aromatic nitrogens is 2. The molecule has 27 heavy (non-hydrogen) atoms. The Labute approximate surface area is 162 Å². The van der Waals surface area contributed by atoms with E-state index >= 15 is 0 Å². The van der Waals surface area contributed by atoms with Crippen molar-refractivity contribution in [2.75, 3.05) is 5.32 Å². The standard InChI is InChI=1S/C21H21N3O2S/c25-18-13-20(26)27-19(18)12-15-10-11-22-21(23-15)24-17-9-5-4-8-16(17)14-6-2-1-3-7-14/h1-3,6-7,10-12,16-17H,4-5,8-9,13H2,(H,22,23,24)/b19-12-. The number of benzene rings is 1. The van der Waals surface area contributed by atoms with Gasteiger partial charge in [0.25, 0.3) is 0 Å². The minimum Gasteiger partial charge on any atom is -0.351 e. The number of hydrogen-bond acceptors (Lipinski definition) is 6. The predicted octanol–water partition coefficient (Wildman–Crippen LogP) is 4.19. The molecule has 138 valence electrons. The molecule has 4 rings (SSSR count). The number of anilines is 1. The number of hydrogen-bond donors (Lipinski definition) is 1. The molecule has 1 aromatic heterocycles. The maximum Gasteiger partial charge on any atom is 0.223 e. The maximum absolute atomic E-state index is 11.8. The zero-order chi connectivity index (χ0) is 18.6. The molecule has 1 aliphatic heterocycles. The lowest BCUT2D eigenvalue weighted by molar-refractivity contribution is -0.119. The molecule has 0 spiro atoms. The summed E-state index contributed by atoms with van der Waals surface area (Å²) in [5, 5.41) is 3.40. The van der Waals surface area contributed by atoms with E-state index in [1.807, 2.05) is 6.07 Å². The molecule has 2 atom stereocenters. The third kappa shape index (κ3) is 4.27. The van der Waals surface area contributed by atoms with Crippen molar-refractivity contribution in [3.63, 3.8) is 0 Å². The van der Waals surface area contributed by atoms with Gasteiger partial charge < -0.3 is 5.32 Å². The summed E-state index contributed by atoms with van der Waals surface area (Å²) in [5.74, 6) is 0.878. The monoisotopic (exact) mass is 379 g/mol. The summed E-state index contributed by atoms with van der Waals surface area (Å²) in [6.45, 7) is 0. The number of nitrogens with zero attached hydrogens (tertiary/aromatic N) is 2. The fourth-order valence-electron chi connectivity index (χ4n) is 3.77. The summed E-state index contributed by atoms with van der Waals surface area (Å²) in [4.78, 5) is 32.6. The smallest absolute Gasteiger partial charge is 0.223 e. The molecule has 5 nitrogen and oxygen atoms in total. The van der Waals surface area contributed by atoms with Crippen molar-refractivity contribution >= 4 is 34.7 Å². The molecule has 1 saturated heterocycles. The van der Waals surface area contributed by atoms with Crippen LogP contribution in [0.3, 0.4) is 0 Å². The number of Topliss-reactive ketones (excluding diaryl/α,β-unsaturated/α-hetero) is 1. The maximum atomic E-state index is 11.8. The van der Waals surface area contributed by atoms with Gasteiger partial charge in [0.1, 0.15) is 0 Å². The van der Waals surface area contributed by atoms with Gasteiger partial charge in [-0.25, -0.2) is 9.97 Å². The molecular formula is C21H21N3O2S. The highest BCUT2D eigenvalue weighted by Crippen LogP contribution is 2.34. The lowest BCUT2D eigenvalue weighted by atomic mass is 9.80. The largest absolute Gasteiger partial charge is 0.351 e. The summed E-state index contributed by atoms with van der Waals surface area (Å²) < 4.78 is 0. The van der Waals surface area contributed by atoms with Crippen LogP contribution in [0.15, 0.2) is 47.5 Å². The second kappa shape index (κ2) is 8.05. The van der Waals surface area contributed by atoms with Crippen molar-refractivity contribution in [3.8, 4) is 0 Å². The van der Waals surface area contributed by atoms with E-state index in [-0.39, 0.29) is 23.4 Å². The molecule has 2 unspecified atom stereocenters. The molecular weight excluding hydrogens is 358 g/mol. The lowest BCUT2D eigenvalue weighted by Crippen LogP contribution is -2.31. The van der Waals surface area contributed by atoms with Gasteiger partial charge in [0.15, 0.2) is 5.78 Å². The average molecular weight is 379 g/mol. The van der Waals surface area contributed by atoms with Gasteiger partial charge in [-0.05, 0) is 42.3 Å². The number of carbonyl (C=O) groups is 2. The van der Waals surface area contributed by atoms with E-state index < -0.39 is 0 Å². The normalized spacial score (nSPS) is 24.4. The number of carbonyl (C=O) groups excluding carboxylic acids is 2. The Morgan fingerprint density at radius 3 is 2.67 bits per heavy atom. The van der Waals surface area contributed by atoms with E-state index in [2.05, 4.69) is 39.6 Å². The van der Waals surface area contributed by atoms with Crippen LogP contribution in [0.5, 0.6) is 0 Å². The first-order valence-corrected chi connectivity index (χ1v) is 10.1. The highest BCUT2D eigenvalue weighted by molar-refractivity contribution is 8.18. The topological polar surface area (TPSA) is 72.0 Å². The fourth-order valence-corrected chi connectivity index (χ4v) is 4.58. The summed E-state index contributed by atoms with van der Waals surface area (Å²) in [5.41, 5.74) is 1.99. The summed E-state index contributed by atoms with van der Waals surface area (Å²) in [6.07, 6.45) is 8.01. The zero-order valence-electron chi connectivity index (χ0n) is 14.9. The number of ketones is 1. The number of rotatable bonds is 4.